The van der Waals surface area contributed by atoms with E-state index in [0.717, 1.165) is 30.4 Å². The zero-order valence-electron chi connectivity index (χ0n) is 31.3. The lowest BCUT2D eigenvalue weighted by Gasteiger charge is -2.40. The van der Waals surface area contributed by atoms with Crippen molar-refractivity contribution in [2.75, 3.05) is 20.2 Å². The molecule has 0 fully saturated rings. The first-order chi connectivity index (χ1) is 22.2. The molecule has 2 aliphatic carbocycles. The Balaban J connectivity index is 2.13. The highest BCUT2D eigenvalue weighted by Crippen LogP contribution is 2.43. The van der Waals surface area contributed by atoms with Gasteiger partial charge in [0.15, 0.2) is 0 Å². The summed E-state index contributed by atoms with van der Waals surface area (Å²) in [6, 6.07) is -0.151. The van der Waals surface area contributed by atoms with Crippen molar-refractivity contribution < 1.29 is 10.2 Å². The number of aliphatic hydroxyl groups is 2. The number of hydrogen-bond acceptors (Lipinski definition) is 4. The first-order valence-corrected chi connectivity index (χ1v) is 17.7. The molecule has 0 bridgehead atoms. The third-order valence-corrected chi connectivity index (χ3v) is 9.82. The Morgan fingerprint density at radius 1 is 0.830 bits per heavy atom. The lowest BCUT2D eigenvalue weighted by molar-refractivity contribution is 0.143. The largest absolute Gasteiger partial charge is 0.395 e. The standard InChI is InChI=1S/C43H66N2O2/c1-32(16-11-17-33(2)24-25-38-34(3)20-14-27-42(38,6)7)18-12-22-37(26-29-45-30-31-46)23-13-19-36(5)40(44-10)41(47)39-35(4)21-15-28-43(39,8)9/h11,13,16-19,22-26,29,40-41,44-47H,12,14-15,20-21,27-28,30-31H2,1-10H3/b16-11+,23-13+,25-24+,29-26-,32-18+,33-17+,36-19+,37-22-. The van der Waals surface area contributed by atoms with Crippen molar-refractivity contribution in [1.29, 1.82) is 0 Å². The molecule has 0 radical (unpaired) electrons. The van der Waals surface area contributed by atoms with E-state index in [1.807, 2.05) is 19.3 Å². The number of allylic oxidation sites excluding steroid dienone is 17. The number of nitrogens with one attached hydrogen (secondary N) is 2. The maximum absolute atomic E-state index is 11.5. The fourth-order valence-corrected chi connectivity index (χ4v) is 7.09. The predicted octanol–water partition coefficient (Wildman–Crippen LogP) is 9.91. The molecule has 4 heteroatoms. The van der Waals surface area contributed by atoms with E-state index in [2.05, 4.69) is 134 Å². The molecule has 47 heavy (non-hydrogen) atoms. The first-order valence-electron chi connectivity index (χ1n) is 17.7. The van der Waals surface area contributed by atoms with Gasteiger partial charge in [0.2, 0.25) is 0 Å². The van der Waals surface area contributed by atoms with Crippen molar-refractivity contribution in [3.63, 3.8) is 0 Å². The summed E-state index contributed by atoms with van der Waals surface area (Å²) in [6.45, 7) is 20.7. The minimum absolute atomic E-state index is 0.00539. The van der Waals surface area contributed by atoms with Crippen LogP contribution in [0.15, 0.2) is 118 Å². The molecule has 0 aromatic heterocycles. The van der Waals surface area contributed by atoms with Crippen molar-refractivity contribution in [3.8, 4) is 0 Å². The second-order valence-corrected chi connectivity index (χ2v) is 14.8. The van der Waals surface area contributed by atoms with Gasteiger partial charge in [-0.15, -0.1) is 0 Å². The Labute approximate surface area is 288 Å². The van der Waals surface area contributed by atoms with E-state index < -0.39 is 6.10 Å². The lowest BCUT2D eigenvalue weighted by Crippen LogP contribution is -2.44. The number of rotatable bonds is 16. The van der Waals surface area contributed by atoms with E-state index in [1.165, 1.54) is 59.1 Å². The average molecular weight is 643 g/mol. The predicted molar refractivity (Wildman–Crippen MR) is 205 cm³/mol. The van der Waals surface area contributed by atoms with Gasteiger partial charge in [-0.05, 0) is 126 Å². The van der Waals surface area contributed by atoms with Gasteiger partial charge in [0.25, 0.3) is 0 Å². The van der Waals surface area contributed by atoms with E-state index >= 15 is 0 Å². The van der Waals surface area contributed by atoms with Crippen LogP contribution >= 0.6 is 0 Å². The molecule has 0 saturated heterocycles. The summed E-state index contributed by atoms with van der Waals surface area (Å²) in [6.07, 6.45) is 33.0. The molecule has 2 aliphatic rings. The molecule has 0 aromatic rings. The molecule has 0 spiro atoms. The highest BCUT2D eigenvalue weighted by Gasteiger charge is 2.36. The van der Waals surface area contributed by atoms with E-state index in [0.29, 0.717) is 6.54 Å². The number of aliphatic hydroxyl groups excluding tert-OH is 2. The van der Waals surface area contributed by atoms with Crippen LogP contribution in [-0.2, 0) is 0 Å². The normalized spacial score (nSPS) is 21.6. The summed E-state index contributed by atoms with van der Waals surface area (Å²) in [4.78, 5) is 0. The Morgan fingerprint density at radius 2 is 1.49 bits per heavy atom. The van der Waals surface area contributed by atoms with Gasteiger partial charge in [-0.2, -0.15) is 0 Å². The zero-order valence-corrected chi connectivity index (χ0v) is 31.3. The van der Waals surface area contributed by atoms with Crippen LogP contribution in [0.25, 0.3) is 0 Å². The van der Waals surface area contributed by atoms with E-state index in [-0.39, 0.29) is 23.5 Å². The van der Waals surface area contributed by atoms with Crippen LogP contribution < -0.4 is 10.6 Å². The van der Waals surface area contributed by atoms with Crippen molar-refractivity contribution in [1.82, 2.24) is 10.6 Å². The van der Waals surface area contributed by atoms with Crippen molar-refractivity contribution in [2.24, 2.45) is 10.8 Å². The summed E-state index contributed by atoms with van der Waals surface area (Å²) in [5.74, 6) is 0. The maximum atomic E-state index is 11.5. The fourth-order valence-electron chi connectivity index (χ4n) is 7.09. The summed E-state index contributed by atoms with van der Waals surface area (Å²) in [7, 11) is 1.93. The minimum atomic E-state index is -0.556. The van der Waals surface area contributed by atoms with Crippen LogP contribution in [0, 0.1) is 10.8 Å². The van der Waals surface area contributed by atoms with Crippen molar-refractivity contribution >= 4 is 0 Å². The van der Waals surface area contributed by atoms with Crippen LogP contribution in [0.1, 0.15) is 107 Å². The summed E-state index contributed by atoms with van der Waals surface area (Å²) >= 11 is 0. The monoisotopic (exact) mass is 643 g/mol. The zero-order chi connectivity index (χ0) is 35.0. The smallest absolute Gasteiger partial charge is 0.0949 e. The van der Waals surface area contributed by atoms with Gasteiger partial charge in [-0.1, -0.05) is 116 Å². The minimum Gasteiger partial charge on any atom is -0.395 e. The molecule has 0 amide bonds. The van der Waals surface area contributed by atoms with E-state index in [1.54, 1.807) is 0 Å². The lowest BCUT2D eigenvalue weighted by atomic mass is 9.69. The molecular formula is C43H66N2O2. The van der Waals surface area contributed by atoms with Crippen molar-refractivity contribution in [2.45, 2.75) is 119 Å². The molecule has 0 saturated carbocycles. The molecule has 2 rings (SSSR count). The Kier molecular flexibility index (Phi) is 17.0. The van der Waals surface area contributed by atoms with Crippen LogP contribution in [-0.4, -0.2) is 42.6 Å². The van der Waals surface area contributed by atoms with Crippen LogP contribution in [0.4, 0.5) is 0 Å². The molecule has 4 N–H and O–H groups in total. The fraction of sp³-hybridized carbons (Fsp3) is 0.535. The van der Waals surface area contributed by atoms with Gasteiger partial charge in [0.1, 0.15) is 0 Å². The Hall–Kier alpha value is -2.92. The van der Waals surface area contributed by atoms with Gasteiger partial charge in [0.05, 0.1) is 18.8 Å². The van der Waals surface area contributed by atoms with Crippen LogP contribution in [0.5, 0.6) is 0 Å². The number of hydrogen-bond donors (Lipinski definition) is 4. The summed E-state index contributed by atoms with van der Waals surface area (Å²) in [5.41, 5.74) is 10.4. The maximum Gasteiger partial charge on any atom is 0.0949 e. The topological polar surface area (TPSA) is 64.5 Å². The number of likely N-dealkylation sites (N-methyl/N-ethyl adjacent to an activating group) is 1. The third-order valence-electron chi connectivity index (χ3n) is 9.82. The van der Waals surface area contributed by atoms with Crippen LogP contribution in [0.2, 0.25) is 0 Å². The Bertz CT molecular complexity index is 1340. The molecule has 0 aliphatic heterocycles. The summed E-state index contributed by atoms with van der Waals surface area (Å²) in [5, 5.41) is 27.1. The molecular weight excluding hydrogens is 576 g/mol. The molecule has 2 unspecified atom stereocenters. The quantitative estimate of drug-likeness (QED) is 0.0769. The Morgan fingerprint density at radius 3 is 2.13 bits per heavy atom. The van der Waals surface area contributed by atoms with Gasteiger partial charge in [-0.3, -0.25) is 0 Å². The molecule has 0 aromatic carbocycles. The second kappa shape index (κ2) is 19.8. The summed E-state index contributed by atoms with van der Waals surface area (Å²) < 4.78 is 0. The van der Waals surface area contributed by atoms with Gasteiger partial charge < -0.3 is 20.8 Å². The van der Waals surface area contributed by atoms with Gasteiger partial charge in [0, 0.05) is 6.54 Å². The first kappa shape index (κ1) is 40.3. The molecule has 4 nitrogen and oxygen atoms in total. The molecule has 0 heterocycles. The third kappa shape index (κ3) is 13.2. The van der Waals surface area contributed by atoms with E-state index in [9.17, 15) is 5.11 Å². The average Bonchev–Trinajstić information content (AvgIpc) is 2.98. The van der Waals surface area contributed by atoms with E-state index in [4.69, 9.17) is 5.11 Å². The van der Waals surface area contributed by atoms with Crippen LogP contribution in [0.3, 0.4) is 0 Å². The molecule has 2 atom stereocenters. The highest BCUT2D eigenvalue weighted by molar-refractivity contribution is 5.38. The highest BCUT2D eigenvalue weighted by atomic mass is 16.3. The molecule has 260 valence electrons. The second-order valence-electron chi connectivity index (χ2n) is 14.8. The SMILES string of the molecule is CNC(/C(C)=C/C=C/C(/C=C\NCCO)=C/C/C=C(C)/C=C/C=C(C)/C=C/C1=C(C)CCCC1(C)C)C(O)C1=C(C)CCCC1(C)C. The van der Waals surface area contributed by atoms with Gasteiger partial charge >= 0.3 is 0 Å². The van der Waals surface area contributed by atoms with Crippen molar-refractivity contribution in [3.05, 3.63) is 118 Å². The van der Waals surface area contributed by atoms with Gasteiger partial charge in [-0.25, -0.2) is 0 Å².